The van der Waals surface area contributed by atoms with Gasteiger partial charge in [0.05, 0.1) is 0 Å². The van der Waals surface area contributed by atoms with Crippen molar-refractivity contribution in [1.29, 1.82) is 0 Å². The van der Waals surface area contributed by atoms with E-state index >= 15 is 0 Å². The molecule has 0 aromatic heterocycles. The molecular formula is C11H12F2O3. The second-order valence-corrected chi connectivity index (χ2v) is 3.32. The van der Waals surface area contributed by atoms with Gasteiger partial charge in [0.1, 0.15) is 5.76 Å². The Labute approximate surface area is 91.7 Å². The van der Waals surface area contributed by atoms with E-state index in [0.717, 1.165) is 0 Å². The van der Waals surface area contributed by atoms with Crippen LogP contribution in [0.25, 0.3) is 0 Å². The molecule has 0 radical (unpaired) electrons. The SMILES string of the molecule is CCC(F)(F)C1=C=CC(OCC(=O)O)=CC1. The number of rotatable bonds is 5. The number of carboxylic acid groups (broad SMARTS) is 1. The van der Waals surface area contributed by atoms with Gasteiger partial charge < -0.3 is 9.84 Å². The van der Waals surface area contributed by atoms with E-state index in [4.69, 9.17) is 9.84 Å². The highest BCUT2D eigenvalue weighted by Crippen LogP contribution is 2.31. The van der Waals surface area contributed by atoms with Crippen molar-refractivity contribution in [3.05, 3.63) is 29.2 Å². The lowest BCUT2D eigenvalue weighted by Gasteiger charge is -2.17. The van der Waals surface area contributed by atoms with Gasteiger partial charge in [0, 0.05) is 24.5 Å². The van der Waals surface area contributed by atoms with Crippen LogP contribution in [0.4, 0.5) is 8.78 Å². The molecule has 0 aromatic rings. The summed E-state index contributed by atoms with van der Waals surface area (Å²) in [6.45, 7) is 0.915. The minimum atomic E-state index is -2.86. The molecule has 0 aromatic carbocycles. The first kappa shape index (κ1) is 12.5. The number of allylic oxidation sites excluding steroid dienone is 2. The lowest BCUT2D eigenvalue weighted by atomic mass is 10.0. The molecule has 0 saturated heterocycles. The first-order valence-electron chi connectivity index (χ1n) is 4.84. The zero-order valence-corrected chi connectivity index (χ0v) is 8.80. The summed E-state index contributed by atoms with van der Waals surface area (Å²) in [6, 6.07) is 0. The lowest BCUT2D eigenvalue weighted by Crippen LogP contribution is -2.18. The van der Waals surface area contributed by atoms with Gasteiger partial charge in [-0.3, -0.25) is 0 Å². The topological polar surface area (TPSA) is 46.5 Å². The smallest absolute Gasteiger partial charge is 0.341 e. The van der Waals surface area contributed by atoms with Crippen molar-refractivity contribution >= 4 is 5.97 Å². The van der Waals surface area contributed by atoms with Crippen LogP contribution in [0.5, 0.6) is 0 Å². The molecule has 0 amide bonds. The van der Waals surface area contributed by atoms with Gasteiger partial charge in [0.15, 0.2) is 6.61 Å². The molecular weight excluding hydrogens is 218 g/mol. The Morgan fingerprint density at radius 3 is 2.81 bits per heavy atom. The van der Waals surface area contributed by atoms with Gasteiger partial charge in [-0.2, -0.15) is 0 Å². The Morgan fingerprint density at radius 1 is 1.69 bits per heavy atom. The number of carbonyl (C=O) groups is 1. The molecule has 1 rings (SSSR count). The summed E-state index contributed by atoms with van der Waals surface area (Å²) in [5.41, 5.74) is 2.34. The minimum absolute atomic E-state index is 0.0340. The molecule has 0 aliphatic heterocycles. The van der Waals surface area contributed by atoms with Gasteiger partial charge in [0.2, 0.25) is 0 Å². The Bertz CT molecular complexity index is 377. The fourth-order valence-corrected chi connectivity index (χ4v) is 1.19. The maximum Gasteiger partial charge on any atom is 0.341 e. The van der Waals surface area contributed by atoms with Crippen LogP contribution in [0.3, 0.4) is 0 Å². The van der Waals surface area contributed by atoms with E-state index in [2.05, 4.69) is 5.73 Å². The summed E-state index contributed by atoms with van der Waals surface area (Å²) >= 11 is 0. The first-order valence-corrected chi connectivity index (χ1v) is 4.84. The van der Waals surface area contributed by atoms with Gasteiger partial charge in [-0.05, 0) is 6.08 Å². The summed E-state index contributed by atoms with van der Waals surface area (Å²) in [5.74, 6) is -3.70. The van der Waals surface area contributed by atoms with Crippen molar-refractivity contribution in [2.45, 2.75) is 25.7 Å². The molecule has 1 N–H and O–H groups in total. The second-order valence-electron chi connectivity index (χ2n) is 3.32. The summed E-state index contributed by atoms with van der Waals surface area (Å²) in [7, 11) is 0. The first-order chi connectivity index (χ1) is 7.45. The summed E-state index contributed by atoms with van der Waals surface area (Å²) in [6.07, 6.45) is 2.43. The number of hydrogen-bond acceptors (Lipinski definition) is 2. The van der Waals surface area contributed by atoms with Crippen LogP contribution < -0.4 is 0 Å². The van der Waals surface area contributed by atoms with Crippen LogP contribution in [0, 0.1) is 0 Å². The van der Waals surface area contributed by atoms with Gasteiger partial charge in [-0.15, -0.1) is 5.73 Å². The number of alkyl halides is 2. The third-order valence-electron chi connectivity index (χ3n) is 2.14. The predicted molar refractivity (Wildman–Crippen MR) is 53.1 cm³/mol. The molecule has 5 heteroatoms. The van der Waals surface area contributed by atoms with Crippen LogP contribution in [0.2, 0.25) is 0 Å². The van der Waals surface area contributed by atoms with Gasteiger partial charge in [-0.25, -0.2) is 13.6 Å². The van der Waals surface area contributed by atoms with E-state index in [0.29, 0.717) is 0 Å². The average molecular weight is 230 g/mol. The highest BCUT2D eigenvalue weighted by atomic mass is 19.3. The van der Waals surface area contributed by atoms with E-state index in [1.807, 2.05) is 0 Å². The molecule has 0 unspecified atom stereocenters. The van der Waals surface area contributed by atoms with E-state index in [1.165, 1.54) is 19.1 Å². The Kier molecular flexibility index (Phi) is 3.85. The summed E-state index contributed by atoms with van der Waals surface area (Å²) < 4.78 is 31.2. The second kappa shape index (κ2) is 4.94. The van der Waals surface area contributed by atoms with E-state index in [9.17, 15) is 13.6 Å². The molecule has 0 fully saturated rings. The third-order valence-corrected chi connectivity index (χ3v) is 2.14. The monoisotopic (exact) mass is 230 g/mol. The molecule has 0 atom stereocenters. The maximum atomic E-state index is 13.2. The number of halogens is 2. The van der Waals surface area contributed by atoms with Crippen molar-refractivity contribution in [1.82, 2.24) is 0 Å². The number of aliphatic carboxylic acids is 1. The number of carboxylic acids is 1. The lowest BCUT2D eigenvalue weighted by molar-refractivity contribution is -0.140. The van der Waals surface area contributed by atoms with E-state index in [-0.39, 0.29) is 24.2 Å². The molecule has 0 bridgehead atoms. The fraction of sp³-hybridized carbons (Fsp3) is 0.455. The third kappa shape index (κ3) is 3.21. The van der Waals surface area contributed by atoms with Crippen molar-refractivity contribution in [3.63, 3.8) is 0 Å². The average Bonchev–Trinajstić information content (AvgIpc) is 2.27. The Morgan fingerprint density at radius 2 is 2.38 bits per heavy atom. The molecule has 16 heavy (non-hydrogen) atoms. The van der Waals surface area contributed by atoms with Gasteiger partial charge in [0.25, 0.3) is 5.92 Å². The Hall–Kier alpha value is -1.61. The fourth-order valence-electron chi connectivity index (χ4n) is 1.19. The molecule has 0 spiro atoms. The molecule has 3 nitrogen and oxygen atoms in total. The number of ether oxygens (including phenoxy) is 1. The van der Waals surface area contributed by atoms with Gasteiger partial charge >= 0.3 is 5.97 Å². The molecule has 0 saturated carbocycles. The standard InChI is InChI=1S/C11H12F2O3/c1-2-11(12,13)8-3-5-9(6-4-8)16-7-10(14)15/h5-6H,2-3,7H2,1H3,(H,14,15). The van der Waals surface area contributed by atoms with Crippen LogP contribution in [-0.2, 0) is 9.53 Å². The van der Waals surface area contributed by atoms with E-state index < -0.39 is 18.5 Å². The molecule has 1 aliphatic rings. The van der Waals surface area contributed by atoms with Crippen molar-refractivity contribution in [3.8, 4) is 0 Å². The van der Waals surface area contributed by atoms with E-state index in [1.54, 1.807) is 0 Å². The molecule has 0 heterocycles. The maximum absolute atomic E-state index is 13.2. The van der Waals surface area contributed by atoms with Crippen LogP contribution in [-0.4, -0.2) is 23.6 Å². The normalized spacial score (nSPS) is 15.4. The van der Waals surface area contributed by atoms with Crippen molar-refractivity contribution in [2.75, 3.05) is 6.61 Å². The molecule has 1 aliphatic carbocycles. The van der Waals surface area contributed by atoms with Gasteiger partial charge in [-0.1, -0.05) is 6.92 Å². The van der Waals surface area contributed by atoms with Crippen LogP contribution in [0.15, 0.2) is 29.2 Å². The van der Waals surface area contributed by atoms with Crippen LogP contribution in [0.1, 0.15) is 19.8 Å². The van der Waals surface area contributed by atoms with Crippen molar-refractivity contribution < 1.29 is 23.4 Å². The Balaban J connectivity index is 2.66. The van der Waals surface area contributed by atoms with Crippen LogP contribution >= 0.6 is 0 Å². The quantitative estimate of drug-likeness (QED) is 0.738. The zero-order chi connectivity index (χ0) is 12.2. The zero-order valence-electron chi connectivity index (χ0n) is 8.80. The summed E-state index contributed by atoms with van der Waals surface area (Å²) in [5, 5.41) is 8.35. The molecule has 88 valence electrons. The highest BCUT2D eigenvalue weighted by molar-refractivity contribution is 5.68. The minimum Gasteiger partial charge on any atom is -0.482 e. The highest BCUT2D eigenvalue weighted by Gasteiger charge is 2.31. The largest absolute Gasteiger partial charge is 0.482 e. The number of hydrogen-bond donors (Lipinski definition) is 1. The summed E-state index contributed by atoms with van der Waals surface area (Å²) in [4.78, 5) is 10.2. The predicted octanol–water partition coefficient (Wildman–Crippen LogP) is 2.50. The van der Waals surface area contributed by atoms with Crippen molar-refractivity contribution in [2.24, 2.45) is 0 Å².